The number of aromatic nitrogens is 1. The molecule has 3 aromatic rings. The Hall–Kier alpha value is -3.61. The van der Waals surface area contributed by atoms with E-state index in [9.17, 15) is 14.4 Å². The fourth-order valence-electron chi connectivity index (χ4n) is 3.37. The highest BCUT2D eigenvalue weighted by Crippen LogP contribution is 2.21. The molecule has 0 aliphatic carbocycles. The number of hydrogen-bond donors (Lipinski definition) is 3. The molecule has 7 nitrogen and oxygen atoms in total. The molecule has 142 valence electrons. The van der Waals surface area contributed by atoms with E-state index in [1.807, 2.05) is 42.1 Å². The van der Waals surface area contributed by atoms with E-state index >= 15 is 0 Å². The fraction of sp³-hybridized carbons (Fsp3) is 0.190. The monoisotopic (exact) mass is 376 g/mol. The molecule has 0 radical (unpaired) electrons. The van der Waals surface area contributed by atoms with Gasteiger partial charge in [-0.25, -0.2) is 0 Å². The van der Waals surface area contributed by atoms with Gasteiger partial charge in [0.05, 0.1) is 11.3 Å². The molecule has 7 heteroatoms. The number of rotatable bonds is 4. The van der Waals surface area contributed by atoms with Crippen LogP contribution in [0.1, 0.15) is 23.2 Å². The SMILES string of the molecule is Cn1ccc2cc(NC(=O)CC[C@@H]3NC(=O)c4ccccc4NC3=O)ccc21. The molecule has 2 aromatic carbocycles. The van der Waals surface area contributed by atoms with E-state index in [4.69, 9.17) is 0 Å². The largest absolute Gasteiger partial charge is 0.351 e. The lowest BCUT2D eigenvalue weighted by molar-refractivity contribution is -0.118. The maximum atomic E-state index is 12.4. The molecule has 28 heavy (non-hydrogen) atoms. The van der Waals surface area contributed by atoms with Crippen molar-refractivity contribution in [2.24, 2.45) is 7.05 Å². The second-order valence-electron chi connectivity index (χ2n) is 6.85. The minimum atomic E-state index is -0.762. The number of para-hydroxylation sites is 1. The molecule has 3 amide bonds. The van der Waals surface area contributed by atoms with E-state index in [1.54, 1.807) is 24.3 Å². The van der Waals surface area contributed by atoms with Crippen molar-refractivity contribution in [2.75, 3.05) is 10.6 Å². The summed E-state index contributed by atoms with van der Waals surface area (Å²) in [6.07, 6.45) is 2.29. The molecule has 1 atom stereocenters. The Morgan fingerprint density at radius 3 is 2.82 bits per heavy atom. The predicted octanol–water partition coefficient (Wildman–Crippen LogP) is 2.65. The summed E-state index contributed by atoms with van der Waals surface area (Å²) in [4.78, 5) is 37.0. The van der Waals surface area contributed by atoms with Gasteiger partial charge < -0.3 is 20.5 Å². The van der Waals surface area contributed by atoms with Crippen LogP contribution >= 0.6 is 0 Å². The minimum absolute atomic E-state index is 0.113. The Labute approximate surface area is 161 Å². The number of hydrogen-bond acceptors (Lipinski definition) is 3. The Kier molecular flexibility index (Phi) is 4.57. The number of anilines is 2. The summed E-state index contributed by atoms with van der Waals surface area (Å²) < 4.78 is 2.01. The molecule has 0 bridgehead atoms. The average molecular weight is 376 g/mol. The number of fused-ring (bicyclic) bond motifs is 2. The van der Waals surface area contributed by atoms with Crippen LogP contribution < -0.4 is 16.0 Å². The van der Waals surface area contributed by atoms with Gasteiger partial charge in [0.25, 0.3) is 5.91 Å². The lowest BCUT2D eigenvalue weighted by atomic mass is 10.1. The molecule has 0 spiro atoms. The van der Waals surface area contributed by atoms with E-state index < -0.39 is 6.04 Å². The van der Waals surface area contributed by atoms with E-state index in [2.05, 4.69) is 16.0 Å². The maximum absolute atomic E-state index is 12.4. The number of nitrogens with one attached hydrogen (secondary N) is 3. The van der Waals surface area contributed by atoms with Gasteiger partial charge >= 0.3 is 0 Å². The highest BCUT2D eigenvalue weighted by Gasteiger charge is 2.27. The number of nitrogens with zero attached hydrogens (tertiary/aromatic N) is 1. The normalized spacial score (nSPS) is 16.1. The van der Waals surface area contributed by atoms with Gasteiger partial charge in [-0.2, -0.15) is 0 Å². The van der Waals surface area contributed by atoms with Gasteiger partial charge in [0.15, 0.2) is 0 Å². The minimum Gasteiger partial charge on any atom is -0.351 e. The smallest absolute Gasteiger partial charge is 0.254 e. The molecule has 0 saturated heterocycles. The van der Waals surface area contributed by atoms with Gasteiger partial charge in [-0.3, -0.25) is 14.4 Å². The summed E-state index contributed by atoms with van der Waals surface area (Å²) >= 11 is 0. The van der Waals surface area contributed by atoms with Crippen LogP contribution in [-0.2, 0) is 16.6 Å². The molecular formula is C21H20N4O3. The Bertz CT molecular complexity index is 1090. The quantitative estimate of drug-likeness (QED) is 0.654. The maximum Gasteiger partial charge on any atom is 0.254 e. The lowest BCUT2D eigenvalue weighted by Crippen LogP contribution is -2.41. The van der Waals surface area contributed by atoms with Crippen molar-refractivity contribution >= 4 is 40.0 Å². The number of amides is 3. The average Bonchev–Trinajstić information content (AvgIpc) is 2.99. The zero-order valence-electron chi connectivity index (χ0n) is 15.4. The Morgan fingerprint density at radius 1 is 1.14 bits per heavy atom. The van der Waals surface area contributed by atoms with Crippen molar-refractivity contribution in [1.29, 1.82) is 0 Å². The molecule has 0 saturated carbocycles. The first kappa shape index (κ1) is 17.8. The van der Waals surface area contributed by atoms with Crippen LogP contribution in [0.5, 0.6) is 0 Å². The second kappa shape index (κ2) is 7.19. The van der Waals surface area contributed by atoms with Crippen molar-refractivity contribution in [3.63, 3.8) is 0 Å². The van der Waals surface area contributed by atoms with Crippen molar-refractivity contribution < 1.29 is 14.4 Å². The molecule has 4 rings (SSSR count). The highest BCUT2D eigenvalue weighted by molar-refractivity contribution is 6.10. The van der Waals surface area contributed by atoms with Crippen molar-refractivity contribution in [3.05, 3.63) is 60.3 Å². The third kappa shape index (κ3) is 3.46. The zero-order chi connectivity index (χ0) is 19.7. The van der Waals surface area contributed by atoms with Gasteiger partial charge in [0.2, 0.25) is 11.8 Å². The van der Waals surface area contributed by atoms with E-state index in [-0.39, 0.29) is 30.6 Å². The third-order valence-electron chi connectivity index (χ3n) is 4.88. The summed E-state index contributed by atoms with van der Waals surface area (Å²) in [5.74, 6) is -0.857. The molecule has 3 N–H and O–H groups in total. The number of aryl methyl sites for hydroxylation is 1. The molecular weight excluding hydrogens is 356 g/mol. The van der Waals surface area contributed by atoms with E-state index in [0.717, 1.165) is 10.9 Å². The first-order valence-corrected chi connectivity index (χ1v) is 9.07. The first-order valence-electron chi connectivity index (χ1n) is 9.07. The van der Waals surface area contributed by atoms with Crippen LogP contribution in [0.3, 0.4) is 0 Å². The van der Waals surface area contributed by atoms with Gasteiger partial charge in [0, 0.05) is 36.3 Å². The van der Waals surface area contributed by atoms with Gasteiger partial charge in [0.1, 0.15) is 6.04 Å². The van der Waals surface area contributed by atoms with Crippen molar-refractivity contribution in [1.82, 2.24) is 9.88 Å². The molecule has 2 heterocycles. The number of carbonyl (C=O) groups is 3. The highest BCUT2D eigenvalue weighted by atomic mass is 16.2. The molecule has 1 aliphatic rings. The van der Waals surface area contributed by atoms with Gasteiger partial charge in [-0.15, -0.1) is 0 Å². The Morgan fingerprint density at radius 2 is 1.96 bits per heavy atom. The molecule has 1 aliphatic heterocycles. The van der Waals surface area contributed by atoms with Crippen LogP contribution in [0, 0.1) is 0 Å². The van der Waals surface area contributed by atoms with Crippen LogP contribution in [-0.4, -0.2) is 28.3 Å². The summed E-state index contributed by atoms with van der Waals surface area (Å²) in [6.45, 7) is 0. The van der Waals surface area contributed by atoms with Gasteiger partial charge in [-0.05, 0) is 42.8 Å². The summed E-state index contributed by atoms with van der Waals surface area (Å²) in [5.41, 5.74) is 2.67. The van der Waals surface area contributed by atoms with Crippen LogP contribution in [0.25, 0.3) is 10.9 Å². The molecule has 1 aromatic heterocycles. The number of benzene rings is 2. The lowest BCUT2D eigenvalue weighted by Gasteiger charge is -2.14. The zero-order valence-corrected chi connectivity index (χ0v) is 15.4. The standard InChI is InChI=1S/C21H20N4O3/c1-25-11-10-13-12-14(6-8-18(13)25)22-19(26)9-7-17-21(28)23-16-5-3-2-4-15(16)20(27)24-17/h2-6,8,10-12,17H,7,9H2,1H3,(H,22,26)(H,23,28)(H,24,27)/t17-/m0/s1. The van der Waals surface area contributed by atoms with E-state index in [1.165, 1.54) is 0 Å². The van der Waals surface area contributed by atoms with Crippen molar-refractivity contribution in [3.8, 4) is 0 Å². The predicted molar refractivity (Wildman–Crippen MR) is 107 cm³/mol. The molecule has 0 unspecified atom stereocenters. The summed E-state index contributed by atoms with van der Waals surface area (Å²) in [7, 11) is 1.96. The summed E-state index contributed by atoms with van der Waals surface area (Å²) in [5, 5.41) is 9.32. The van der Waals surface area contributed by atoms with E-state index in [0.29, 0.717) is 16.9 Å². The third-order valence-corrected chi connectivity index (χ3v) is 4.88. The van der Waals surface area contributed by atoms with Crippen LogP contribution in [0.4, 0.5) is 11.4 Å². The van der Waals surface area contributed by atoms with Gasteiger partial charge in [-0.1, -0.05) is 12.1 Å². The summed E-state index contributed by atoms with van der Waals surface area (Å²) in [6, 6.07) is 13.7. The van der Waals surface area contributed by atoms with Crippen LogP contribution in [0.15, 0.2) is 54.7 Å². The second-order valence-corrected chi connectivity index (χ2v) is 6.85. The first-order chi connectivity index (χ1) is 13.5. The fourth-order valence-corrected chi connectivity index (χ4v) is 3.37. The van der Waals surface area contributed by atoms with Crippen LogP contribution in [0.2, 0.25) is 0 Å². The number of carbonyl (C=O) groups excluding carboxylic acids is 3. The Balaban J connectivity index is 1.39. The van der Waals surface area contributed by atoms with Crippen molar-refractivity contribution in [2.45, 2.75) is 18.9 Å². The topological polar surface area (TPSA) is 92.2 Å². The molecule has 0 fully saturated rings.